The second kappa shape index (κ2) is 7.35. The fraction of sp³-hybridized carbons (Fsp3) is 0.952. The predicted molar refractivity (Wildman–Crippen MR) is 100.0 cm³/mol. The second-order valence-electron chi connectivity index (χ2n) is 9.29. The minimum Gasteiger partial charge on any atom is -0.342 e. The van der Waals surface area contributed by atoms with E-state index in [9.17, 15) is 4.79 Å². The lowest BCUT2D eigenvalue weighted by Crippen LogP contribution is -2.50. The Morgan fingerprint density at radius 2 is 1.75 bits per heavy atom. The molecule has 3 aliphatic rings. The Morgan fingerprint density at radius 3 is 2.33 bits per heavy atom. The van der Waals surface area contributed by atoms with E-state index in [1.165, 1.54) is 64.2 Å². The van der Waals surface area contributed by atoms with Gasteiger partial charge in [0.1, 0.15) is 0 Å². The molecule has 3 nitrogen and oxygen atoms in total. The van der Waals surface area contributed by atoms with Crippen molar-refractivity contribution in [3.8, 4) is 0 Å². The van der Waals surface area contributed by atoms with Crippen molar-refractivity contribution in [3.05, 3.63) is 0 Å². The molecule has 0 atom stereocenters. The molecule has 0 aromatic carbocycles. The maximum atomic E-state index is 12.3. The van der Waals surface area contributed by atoms with Crippen LogP contribution in [-0.4, -0.2) is 48.4 Å². The van der Waals surface area contributed by atoms with Crippen LogP contribution < -0.4 is 0 Å². The van der Waals surface area contributed by atoms with E-state index in [0.717, 1.165) is 31.8 Å². The molecule has 138 valence electrons. The number of hydrogen-bond donors (Lipinski definition) is 0. The molecule has 1 heterocycles. The van der Waals surface area contributed by atoms with Crippen LogP contribution in [0, 0.1) is 11.3 Å². The Balaban J connectivity index is 1.60. The van der Waals surface area contributed by atoms with Crippen LogP contribution in [-0.2, 0) is 4.79 Å². The van der Waals surface area contributed by atoms with Crippen LogP contribution in [0.25, 0.3) is 0 Å². The number of carbonyl (C=O) groups is 1. The molecule has 1 saturated heterocycles. The van der Waals surface area contributed by atoms with E-state index in [-0.39, 0.29) is 0 Å². The minimum absolute atomic E-state index is 0.393. The highest BCUT2D eigenvalue weighted by molar-refractivity contribution is 5.76. The van der Waals surface area contributed by atoms with Gasteiger partial charge >= 0.3 is 0 Å². The zero-order chi connectivity index (χ0) is 17.2. The van der Waals surface area contributed by atoms with Crippen LogP contribution in [0.15, 0.2) is 0 Å². The van der Waals surface area contributed by atoms with Gasteiger partial charge in [-0.15, -0.1) is 0 Å². The van der Waals surface area contributed by atoms with Gasteiger partial charge in [0.25, 0.3) is 0 Å². The maximum Gasteiger partial charge on any atom is 0.222 e. The first kappa shape index (κ1) is 18.2. The van der Waals surface area contributed by atoms with Gasteiger partial charge in [-0.3, -0.25) is 4.79 Å². The molecule has 0 aromatic rings. The van der Waals surface area contributed by atoms with Gasteiger partial charge in [-0.1, -0.05) is 32.6 Å². The van der Waals surface area contributed by atoms with Crippen molar-refractivity contribution >= 4 is 5.91 Å². The molecule has 3 heteroatoms. The van der Waals surface area contributed by atoms with Crippen LogP contribution in [0.3, 0.4) is 0 Å². The van der Waals surface area contributed by atoms with Crippen LogP contribution in [0.5, 0.6) is 0 Å². The standard InChI is InChI=1S/C21H38N2O/c1-4-7-19(24)23-15-14-20(17-23)10-12-21(13-11-20,22(2)3)16-18-8-5-6-9-18/h18H,4-17H2,1-3H3. The summed E-state index contributed by atoms with van der Waals surface area (Å²) in [4.78, 5) is 17.0. The molecule has 0 bridgehead atoms. The second-order valence-corrected chi connectivity index (χ2v) is 9.29. The van der Waals surface area contributed by atoms with Gasteiger partial charge in [-0.2, -0.15) is 0 Å². The van der Waals surface area contributed by atoms with Crippen LogP contribution in [0.2, 0.25) is 0 Å². The van der Waals surface area contributed by atoms with Crippen LogP contribution >= 0.6 is 0 Å². The van der Waals surface area contributed by atoms with E-state index in [0.29, 0.717) is 16.9 Å². The minimum atomic E-state index is 0.393. The molecule has 1 amide bonds. The average Bonchev–Trinajstić information content (AvgIpc) is 3.20. The summed E-state index contributed by atoms with van der Waals surface area (Å²) in [5.74, 6) is 1.36. The van der Waals surface area contributed by atoms with E-state index in [1.807, 2.05) is 0 Å². The summed E-state index contributed by atoms with van der Waals surface area (Å²) in [6.07, 6.45) is 15.5. The number of nitrogens with zero attached hydrogens (tertiary/aromatic N) is 2. The summed E-state index contributed by atoms with van der Waals surface area (Å²) in [5.41, 5.74) is 0.875. The van der Waals surface area contributed by atoms with Crippen molar-refractivity contribution in [3.63, 3.8) is 0 Å². The van der Waals surface area contributed by atoms with E-state index in [4.69, 9.17) is 0 Å². The molecule has 24 heavy (non-hydrogen) atoms. The molecule has 1 aliphatic heterocycles. The Morgan fingerprint density at radius 1 is 1.08 bits per heavy atom. The third-order valence-corrected chi connectivity index (χ3v) is 7.59. The zero-order valence-corrected chi connectivity index (χ0v) is 16.3. The summed E-state index contributed by atoms with van der Waals surface area (Å²) in [7, 11) is 4.61. The highest BCUT2D eigenvalue weighted by Crippen LogP contribution is 2.51. The molecule has 1 spiro atoms. The van der Waals surface area contributed by atoms with Crippen molar-refractivity contribution in [2.24, 2.45) is 11.3 Å². The SMILES string of the molecule is CCCC(=O)N1CCC2(CCC(CC3CCCC3)(N(C)C)CC2)C1. The topological polar surface area (TPSA) is 23.6 Å². The van der Waals surface area contributed by atoms with Crippen LogP contribution in [0.1, 0.15) is 84.0 Å². The number of rotatable bonds is 5. The quantitative estimate of drug-likeness (QED) is 0.741. The molecule has 0 radical (unpaired) electrons. The first-order chi connectivity index (χ1) is 11.5. The molecule has 0 unspecified atom stereocenters. The van der Waals surface area contributed by atoms with Crippen molar-refractivity contribution in [2.75, 3.05) is 27.2 Å². The molecule has 2 saturated carbocycles. The smallest absolute Gasteiger partial charge is 0.222 e. The van der Waals surface area contributed by atoms with Gasteiger partial charge < -0.3 is 9.80 Å². The van der Waals surface area contributed by atoms with Gasteiger partial charge in [0.2, 0.25) is 5.91 Å². The molecular formula is C21H38N2O. The van der Waals surface area contributed by atoms with Crippen molar-refractivity contribution < 1.29 is 4.79 Å². The highest BCUT2D eigenvalue weighted by Gasteiger charge is 2.48. The Bertz CT molecular complexity index is 431. The fourth-order valence-corrected chi connectivity index (χ4v) is 5.76. The molecule has 0 aromatic heterocycles. The number of amides is 1. The van der Waals surface area contributed by atoms with E-state index in [1.54, 1.807) is 0 Å². The number of likely N-dealkylation sites (tertiary alicyclic amines) is 1. The van der Waals surface area contributed by atoms with E-state index in [2.05, 4.69) is 30.8 Å². The lowest BCUT2D eigenvalue weighted by Gasteiger charge is -2.50. The normalized spacial score (nSPS) is 34.6. The Hall–Kier alpha value is -0.570. The molecule has 2 aliphatic carbocycles. The average molecular weight is 335 g/mol. The first-order valence-electron chi connectivity index (χ1n) is 10.4. The molecule has 3 rings (SSSR count). The van der Waals surface area contributed by atoms with E-state index >= 15 is 0 Å². The Labute approximate surface area is 149 Å². The lowest BCUT2D eigenvalue weighted by molar-refractivity contribution is -0.130. The summed E-state index contributed by atoms with van der Waals surface area (Å²) >= 11 is 0. The first-order valence-corrected chi connectivity index (χ1v) is 10.4. The predicted octanol–water partition coefficient (Wildman–Crippen LogP) is 4.46. The number of carbonyl (C=O) groups excluding carboxylic acids is 1. The monoisotopic (exact) mass is 334 g/mol. The van der Waals surface area contributed by atoms with Crippen LogP contribution in [0.4, 0.5) is 0 Å². The van der Waals surface area contributed by atoms with Crippen molar-refractivity contribution in [1.82, 2.24) is 9.80 Å². The highest BCUT2D eigenvalue weighted by atomic mass is 16.2. The Kier molecular flexibility index (Phi) is 5.58. The van der Waals surface area contributed by atoms with Gasteiger partial charge in [-0.25, -0.2) is 0 Å². The molecular weight excluding hydrogens is 296 g/mol. The van der Waals surface area contributed by atoms with Gasteiger partial charge in [0.05, 0.1) is 0 Å². The lowest BCUT2D eigenvalue weighted by atomic mass is 9.64. The molecule has 0 N–H and O–H groups in total. The van der Waals surface area contributed by atoms with Crippen molar-refractivity contribution in [1.29, 1.82) is 0 Å². The molecule has 3 fully saturated rings. The fourth-order valence-electron chi connectivity index (χ4n) is 5.76. The van der Waals surface area contributed by atoms with Crippen molar-refractivity contribution in [2.45, 2.75) is 89.5 Å². The summed E-state index contributed by atoms with van der Waals surface area (Å²) in [5, 5.41) is 0. The largest absolute Gasteiger partial charge is 0.342 e. The summed E-state index contributed by atoms with van der Waals surface area (Å²) in [6, 6.07) is 0. The zero-order valence-electron chi connectivity index (χ0n) is 16.3. The van der Waals surface area contributed by atoms with Gasteiger partial charge in [0.15, 0.2) is 0 Å². The third-order valence-electron chi connectivity index (χ3n) is 7.59. The number of hydrogen-bond acceptors (Lipinski definition) is 2. The van der Waals surface area contributed by atoms with Gasteiger partial charge in [-0.05, 0) is 70.4 Å². The van der Waals surface area contributed by atoms with E-state index < -0.39 is 0 Å². The van der Waals surface area contributed by atoms with Gasteiger partial charge in [0, 0.05) is 25.0 Å². The third kappa shape index (κ3) is 3.66. The summed E-state index contributed by atoms with van der Waals surface area (Å²) < 4.78 is 0. The maximum absolute atomic E-state index is 12.3. The summed E-state index contributed by atoms with van der Waals surface area (Å²) in [6.45, 7) is 4.16.